The Morgan fingerprint density at radius 3 is 2.41 bits per heavy atom. The van der Waals surface area contributed by atoms with Crippen LogP contribution in [0.2, 0.25) is 0 Å². The molecule has 1 aliphatic heterocycles. The number of rotatable bonds is 6. The number of hydrogen-bond acceptors (Lipinski definition) is 4. The smallest absolute Gasteiger partial charge is 0.316 e. The molecule has 5 heteroatoms. The van der Waals surface area contributed by atoms with Gasteiger partial charge >= 0.3 is 5.97 Å². The van der Waals surface area contributed by atoms with Crippen LogP contribution in [0.25, 0.3) is 0 Å². The first-order valence-corrected chi connectivity index (χ1v) is 10.2. The van der Waals surface area contributed by atoms with Crippen molar-refractivity contribution in [2.45, 2.75) is 31.3 Å². The molecule has 0 saturated carbocycles. The second-order valence-electron chi connectivity index (χ2n) is 7.01. The summed E-state index contributed by atoms with van der Waals surface area (Å²) in [6, 6.07) is 17.7. The van der Waals surface area contributed by atoms with Crippen molar-refractivity contribution in [3.05, 3.63) is 70.2 Å². The van der Waals surface area contributed by atoms with E-state index in [1.165, 1.54) is 0 Å². The third-order valence-electron chi connectivity index (χ3n) is 5.40. The number of carbonyl (C=O) groups is 1. The summed E-state index contributed by atoms with van der Waals surface area (Å²) < 4.78 is 6.34. The standard InChI is InChI=1S/C22H26BrNO3/c1-2-27-21(26)22(17-8-4-3-5-9-17)12-14-24(15-13-22)16-20(25)18-10-6-7-11-19(18)23/h3-11,20,25H,2,12-16H2,1H3. The molecule has 1 N–H and O–H groups in total. The topological polar surface area (TPSA) is 49.8 Å². The Hall–Kier alpha value is -1.69. The minimum Gasteiger partial charge on any atom is -0.465 e. The maximum Gasteiger partial charge on any atom is 0.316 e. The first kappa shape index (κ1) is 20.1. The number of ether oxygens (including phenoxy) is 1. The molecule has 1 heterocycles. The third-order valence-corrected chi connectivity index (χ3v) is 6.12. The maximum atomic E-state index is 12.8. The van der Waals surface area contributed by atoms with Gasteiger partial charge in [0.25, 0.3) is 0 Å². The molecule has 3 rings (SSSR count). The minimum absolute atomic E-state index is 0.137. The van der Waals surface area contributed by atoms with Gasteiger partial charge in [-0.15, -0.1) is 0 Å². The number of likely N-dealkylation sites (tertiary alicyclic amines) is 1. The lowest BCUT2D eigenvalue weighted by Crippen LogP contribution is -2.48. The molecule has 4 nitrogen and oxygen atoms in total. The van der Waals surface area contributed by atoms with Gasteiger partial charge in [0.15, 0.2) is 0 Å². The summed E-state index contributed by atoms with van der Waals surface area (Å²) >= 11 is 3.51. The lowest BCUT2D eigenvalue weighted by Gasteiger charge is -2.40. The van der Waals surface area contributed by atoms with E-state index in [2.05, 4.69) is 20.8 Å². The Balaban J connectivity index is 1.71. The fourth-order valence-corrected chi connectivity index (χ4v) is 4.39. The van der Waals surface area contributed by atoms with Crippen molar-refractivity contribution in [2.75, 3.05) is 26.2 Å². The zero-order valence-electron chi connectivity index (χ0n) is 15.6. The van der Waals surface area contributed by atoms with E-state index in [9.17, 15) is 9.90 Å². The summed E-state index contributed by atoms with van der Waals surface area (Å²) in [5.74, 6) is -0.137. The minimum atomic E-state index is -0.591. The largest absolute Gasteiger partial charge is 0.465 e. The molecule has 0 bridgehead atoms. The van der Waals surface area contributed by atoms with Gasteiger partial charge in [0.2, 0.25) is 0 Å². The number of nitrogens with zero attached hydrogens (tertiary/aromatic N) is 1. The Bertz CT molecular complexity index is 757. The van der Waals surface area contributed by atoms with Gasteiger partial charge in [0, 0.05) is 11.0 Å². The molecule has 0 aliphatic carbocycles. The van der Waals surface area contributed by atoms with Crippen molar-refractivity contribution < 1.29 is 14.6 Å². The van der Waals surface area contributed by atoms with E-state index >= 15 is 0 Å². The maximum absolute atomic E-state index is 12.8. The predicted octanol–water partition coefficient (Wildman–Crippen LogP) is 4.08. The monoisotopic (exact) mass is 431 g/mol. The molecule has 1 saturated heterocycles. The van der Waals surface area contributed by atoms with Crippen LogP contribution in [0.15, 0.2) is 59.1 Å². The molecule has 1 atom stereocenters. The molecule has 27 heavy (non-hydrogen) atoms. The van der Waals surface area contributed by atoms with Crippen LogP contribution in [0.3, 0.4) is 0 Å². The second kappa shape index (κ2) is 9.00. The average Bonchev–Trinajstić information content (AvgIpc) is 2.70. The van der Waals surface area contributed by atoms with Gasteiger partial charge in [-0.1, -0.05) is 64.5 Å². The van der Waals surface area contributed by atoms with Crippen molar-refractivity contribution in [3.8, 4) is 0 Å². The fourth-order valence-electron chi connectivity index (χ4n) is 3.84. The van der Waals surface area contributed by atoms with E-state index in [-0.39, 0.29) is 5.97 Å². The van der Waals surface area contributed by atoms with Gasteiger partial charge in [0.1, 0.15) is 0 Å². The highest BCUT2D eigenvalue weighted by Crippen LogP contribution is 2.37. The Morgan fingerprint density at radius 1 is 1.15 bits per heavy atom. The Morgan fingerprint density at radius 2 is 1.78 bits per heavy atom. The zero-order valence-corrected chi connectivity index (χ0v) is 17.2. The summed E-state index contributed by atoms with van der Waals surface area (Å²) in [5.41, 5.74) is 1.32. The quantitative estimate of drug-likeness (QED) is 0.699. The zero-order chi connectivity index (χ0) is 19.3. The van der Waals surface area contributed by atoms with Gasteiger partial charge in [-0.05, 0) is 50.0 Å². The van der Waals surface area contributed by atoms with Crippen LogP contribution in [-0.4, -0.2) is 42.2 Å². The van der Waals surface area contributed by atoms with E-state index < -0.39 is 11.5 Å². The lowest BCUT2D eigenvalue weighted by molar-refractivity contribution is -0.152. The molecule has 0 spiro atoms. The number of aliphatic hydroxyl groups excluding tert-OH is 1. The highest BCUT2D eigenvalue weighted by atomic mass is 79.9. The van der Waals surface area contributed by atoms with Crippen LogP contribution in [0.1, 0.15) is 37.0 Å². The summed E-state index contributed by atoms with van der Waals surface area (Å²) in [5, 5.41) is 10.6. The number of esters is 1. The third kappa shape index (κ3) is 4.42. The highest BCUT2D eigenvalue weighted by Gasteiger charge is 2.44. The van der Waals surface area contributed by atoms with Crippen molar-refractivity contribution in [2.24, 2.45) is 0 Å². The molecular formula is C22H26BrNO3. The van der Waals surface area contributed by atoms with Gasteiger partial charge in [-0.25, -0.2) is 0 Å². The van der Waals surface area contributed by atoms with Crippen molar-refractivity contribution in [1.29, 1.82) is 0 Å². The van der Waals surface area contributed by atoms with Crippen molar-refractivity contribution in [3.63, 3.8) is 0 Å². The van der Waals surface area contributed by atoms with Crippen molar-refractivity contribution >= 4 is 21.9 Å². The van der Waals surface area contributed by atoms with Gasteiger partial charge in [0.05, 0.1) is 18.1 Å². The van der Waals surface area contributed by atoms with Crippen LogP contribution in [-0.2, 0) is 14.9 Å². The number of β-amino-alcohol motifs (C(OH)–C–C–N with tert-alkyl or cyclic N) is 1. The molecular weight excluding hydrogens is 406 g/mol. The molecule has 1 unspecified atom stereocenters. The molecule has 1 aliphatic rings. The number of benzene rings is 2. The number of halogens is 1. The van der Waals surface area contributed by atoms with Crippen LogP contribution in [0.4, 0.5) is 0 Å². The van der Waals surface area contributed by atoms with E-state index in [1.54, 1.807) is 0 Å². The van der Waals surface area contributed by atoms with E-state index in [0.717, 1.165) is 28.7 Å². The number of carbonyl (C=O) groups excluding carboxylic acids is 1. The lowest BCUT2D eigenvalue weighted by atomic mass is 9.72. The predicted molar refractivity (Wildman–Crippen MR) is 110 cm³/mol. The summed E-state index contributed by atoms with van der Waals surface area (Å²) in [4.78, 5) is 15.0. The molecule has 1 fully saturated rings. The number of aliphatic hydroxyl groups is 1. The van der Waals surface area contributed by atoms with Gasteiger partial charge in [-0.3, -0.25) is 4.79 Å². The van der Waals surface area contributed by atoms with Gasteiger partial charge < -0.3 is 14.7 Å². The molecule has 0 radical (unpaired) electrons. The summed E-state index contributed by atoms with van der Waals surface area (Å²) in [6.45, 7) is 4.28. The number of piperidine rings is 1. The molecule has 0 aromatic heterocycles. The SMILES string of the molecule is CCOC(=O)C1(c2ccccc2)CCN(CC(O)c2ccccc2Br)CC1. The van der Waals surface area contributed by atoms with Crippen LogP contribution < -0.4 is 0 Å². The highest BCUT2D eigenvalue weighted by molar-refractivity contribution is 9.10. The molecule has 0 amide bonds. The molecule has 144 valence electrons. The van der Waals surface area contributed by atoms with Crippen LogP contribution >= 0.6 is 15.9 Å². The summed E-state index contributed by atoms with van der Waals surface area (Å²) in [6.07, 6.45) is 0.823. The van der Waals surface area contributed by atoms with E-state index in [1.807, 2.05) is 61.5 Å². The molecule has 2 aromatic rings. The van der Waals surface area contributed by atoms with E-state index in [4.69, 9.17) is 4.74 Å². The van der Waals surface area contributed by atoms with Gasteiger partial charge in [-0.2, -0.15) is 0 Å². The molecule has 2 aromatic carbocycles. The first-order valence-electron chi connectivity index (χ1n) is 9.44. The average molecular weight is 432 g/mol. The second-order valence-corrected chi connectivity index (χ2v) is 7.86. The number of hydrogen-bond donors (Lipinski definition) is 1. The van der Waals surface area contributed by atoms with Crippen LogP contribution in [0, 0.1) is 0 Å². The Labute approximate surface area is 169 Å². The normalized spacial score (nSPS) is 18.0. The summed E-state index contributed by atoms with van der Waals surface area (Å²) in [7, 11) is 0. The van der Waals surface area contributed by atoms with Crippen LogP contribution in [0.5, 0.6) is 0 Å². The Kier molecular flexibility index (Phi) is 6.68. The first-order chi connectivity index (χ1) is 13.1. The van der Waals surface area contributed by atoms with E-state index in [0.29, 0.717) is 26.0 Å². The fraction of sp³-hybridized carbons (Fsp3) is 0.409. The van der Waals surface area contributed by atoms with Crippen molar-refractivity contribution in [1.82, 2.24) is 4.90 Å².